The summed E-state index contributed by atoms with van der Waals surface area (Å²) < 4.78 is 36.5. The number of hydrogen-bond donors (Lipinski definition) is 4. The van der Waals surface area contributed by atoms with Gasteiger partial charge in [-0.1, -0.05) is 24.1 Å². The molecule has 1 aliphatic heterocycles. The van der Waals surface area contributed by atoms with E-state index in [0.29, 0.717) is 0 Å². The fourth-order valence-electron chi connectivity index (χ4n) is 3.42. The fraction of sp³-hybridized carbons (Fsp3) is 0.435. The monoisotopic (exact) mass is 536 g/mol. The second-order valence-corrected chi connectivity index (χ2v) is 10.2. The third-order valence-corrected chi connectivity index (χ3v) is 6.89. The first-order chi connectivity index (χ1) is 17.4. The molecule has 2 heterocycles. The number of aliphatic hydroxyl groups is 2. The molecule has 6 atom stereocenters. The number of carbonyl (C=O) groups excluding carboxylic acids is 1. The summed E-state index contributed by atoms with van der Waals surface area (Å²) in [6.07, 6.45) is 1.50. The molecule has 1 aromatic carbocycles. The van der Waals surface area contributed by atoms with Crippen LogP contribution in [0.15, 0.2) is 47.4 Å². The number of rotatable bonds is 10. The number of aromatic nitrogens is 2. The third-order valence-electron chi connectivity index (χ3n) is 5.27. The molecule has 2 aromatic rings. The Morgan fingerprint density at radius 3 is 2.59 bits per heavy atom. The van der Waals surface area contributed by atoms with Crippen LogP contribution in [0.25, 0.3) is 0 Å². The highest BCUT2D eigenvalue weighted by Gasteiger charge is 2.56. The van der Waals surface area contributed by atoms with Gasteiger partial charge in [-0.2, -0.15) is 10.1 Å². The Morgan fingerprint density at radius 2 is 2.00 bits per heavy atom. The van der Waals surface area contributed by atoms with E-state index in [-0.39, 0.29) is 11.6 Å². The van der Waals surface area contributed by atoms with Crippen LogP contribution in [-0.2, 0) is 23.4 Å². The Kier molecular flexibility index (Phi) is 8.76. The van der Waals surface area contributed by atoms with Gasteiger partial charge in [0, 0.05) is 6.20 Å². The highest BCUT2D eigenvalue weighted by atomic mass is 31.2. The minimum absolute atomic E-state index is 0.0592. The minimum atomic E-state index is -4.37. The number of esters is 1. The van der Waals surface area contributed by atoms with Gasteiger partial charge in [0.15, 0.2) is 11.8 Å². The molecule has 0 saturated carbocycles. The minimum Gasteiger partial charge on any atom is -0.462 e. The number of benzene rings is 1. The fourth-order valence-corrected chi connectivity index (χ4v) is 4.94. The molecule has 0 aliphatic carbocycles. The first-order valence-electron chi connectivity index (χ1n) is 11.2. The van der Waals surface area contributed by atoms with Gasteiger partial charge in [0.25, 0.3) is 0 Å². The summed E-state index contributed by atoms with van der Waals surface area (Å²) in [4.78, 5) is 28.1. The van der Waals surface area contributed by atoms with E-state index in [1.807, 2.05) is 0 Å². The first kappa shape index (κ1) is 28.3. The van der Waals surface area contributed by atoms with Crippen molar-refractivity contribution in [1.82, 2.24) is 14.6 Å². The molecule has 1 aromatic heterocycles. The van der Waals surface area contributed by atoms with Crippen LogP contribution in [0, 0.1) is 12.3 Å². The van der Waals surface area contributed by atoms with Crippen molar-refractivity contribution in [2.75, 3.05) is 12.3 Å². The number of aliphatic hydroxyl groups excluding tert-OH is 2. The molecule has 13 nitrogen and oxygen atoms in total. The number of anilines is 1. The van der Waals surface area contributed by atoms with E-state index in [1.54, 1.807) is 32.0 Å². The van der Waals surface area contributed by atoms with Crippen LogP contribution >= 0.6 is 7.75 Å². The maximum absolute atomic E-state index is 13.7. The number of terminal acetylenes is 1. The van der Waals surface area contributed by atoms with E-state index in [1.165, 1.54) is 31.3 Å². The number of ether oxygens (including phenoxy) is 2. The second-order valence-electron chi connectivity index (χ2n) is 8.53. The number of para-hydroxylation sites is 1. The van der Waals surface area contributed by atoms with Crippen molar-refractivity contribution in [2.24, 2.45) is 0 Å². The van der Waals surface area contributed by atoms with Gasteiger partial charge in [-0.15, -0.1) is 6.42 Å². The smallest absolute Gasteiger partial charge is 0.459 e. The normalized spacial score (nSPS) is 25.7. The first-order valence-corrected chi connectivity index (χ1v) is 12.8. The van der Waals surface area contributed by atoms with Gasteiger partial charge in [0.2, 0.25) is 0 Å². The molecule has 0 bridgehead atoms. The van der Waals surface area contributed by atoms with Crippen molar-refractivity contribution in [3.05, 3.63) is 53.1 Å². The summed E-state index contributed by atoms with van der Waals surface area (Å²) in [5.41, 5.74) is 2.58. The zero-order chi connectivity index (χ0) is 27.4. The SMILES string of the molecule is C#C[C@]1(CO[P@@](=O)(N[C@@H](C)C(=O)OC(C)C)Oc2ccccc2)O[C@@H](n2ccc(N)nc2=O)[C@@H](O)C1O. The average Bonchev–Trinajstić information content (AvgIpc) is 3.08. The van der Waals surface area contributed by atoms with Crippen molar-refractivity contribution in [3.63, 3.8) is 0 Å². The van der Waals surface area contributed by atoms with Crippen molar-refractivity contribution in [1.29, 1.82) is 0 Å². The summed E-state index contributed by atoms with van der Waals surface area (Å²) in [5, 5.41) is 23.9. The van der Waals surface area contributed by atoms with E-state index in [0.717, 1.165) is 4.57 Å². The van der Waals surface area contributed by atoms with Gasteiger partial charge in [-0.25, -0.2) is 9.36 Å². The van der Waals surface area contributed by atoms with Gasteiger partial charge in [-0.05, 0) is 39.0 Å². The summed E-state index contributed by atoms with van der Waals surface area (Å²) in [5.74, 6) is 1.58. The topological polar surface area (TPSA) is 184 Å². The Labute approximate surface area is 213 Å². The quantitative estimate of drug-likeness (QED) is 0.188. The van der Waals surface area contributed by atoms with Crippen LogP contribution in [-0.4, -0.2) is 62.3 Å². The predicted molar refractivity (Wildman–Crippen MR) is 131 cm³/mol. The highest BCUT2D eigenvalue weighted by Crippen LogP contribution is 2.47. The molecule has 14 heteroatoms. The van der Waals surface area contributed by atoms with Crippen LogP contribution in [0.4, 0.5) is 5.82 Å². The molecule has 3 rings (SSSR count). The number of nitrogens with one attached hydrogen (secondary N) is 1. The van der Waals surface area contributed by atoms with Crippen LogP contribution in [0.2, 0.25) is 0 Å². The van der Waals surface area contributed by atoms with Gasteiger partial charge in [0.1, 0.15) is 36.4 Å². The number of nitrogen functional groups attached to an aromatic ring is 1. The standard InChI is InChI=1S/C23H29N4O9P/c1-5-23(19(29)18(28)20(35-23)27-12-11-17(24)25-22(27)31)13-33-37(32,36-16-9-7-6-8-10-16)26-15(4)21(30)34-14(2)3/h1,6-12,14-15,18-20,28-29H,13H2,2-4H3,(H,26,32)(H2,24,25,31)/t15-,18-,19?,20+,23+,37-/m0/s1. The van der Waals surface area contributed by atoms with Crippen molar-refractivity contribution < 1.29 is 38.1 Å². The molecule has 1 unspecified atom stereocenters. The predicted octanol–water partition coefficient (Wildman–Crippen LogP) is 0.582. The molecule has 0 radical (unpaired) electrons. The molecule has 0 spiro atoms. The van der Waals surface area contributed by atoms with Crippen molar-refractivity contribution in [2.45, 2.75) is 57.0 Å². The zero-order valence-corrected chi connectivity index (χ0v) is 21.3. The van der Waals surface area contributed by atoms with Gasteiger partial charge in [0.05, 0.1) is 6.10 Å². The number of nitrogens with two attached hydrogens (primary N) is 1. The lowest BCUT2D eigenvalue weighted by Crippen LogP contribution is -2.46. The number of hydrogen-bond acceptors (Lipinski definition) is 11. The summed E-state index contributed by atoms with van der Waals surface area (Å²) in [6, 6.07) is 8.13. The lowest BCUT2D eigenvalue weighted by atomic mass is 9.97. The second kappa shape index (κ2) is 11.4. The Bertz CT molecular complexity index is 1250. The van der Waals surface area contributed by atoms with Gasteiger partial charge < -0.3 is 29.9 Å². The van der Waals surface area contributed by atoms with Crippen molar-refractivity contribution in [3.8, 4) is 18.1 Å². The van der Waals surface area contributed by atoms with Crippen LogP contribution in [0.5, 0.6) is 5.75 Å². The molecule has 200 valence electrons. The Balaban J connectivity index is 1.86. The van der Waals surface area contributed by atoms with E-state index in [4.69, 9.17) is 30.7 Å². The van der Waals surface area contributed by atoms with E-state index < -0.39 is 62.2 Å². The lowest BCUT2D eigenvalue weighted by molar-refractivity contribution is -0.149. The molecule has 1 saturated heterocycles. The van der Waals surface area contributed by atoms with Crippen molar-refractivity contribution >= 4 is 19.5 Å². The largest absolute Gasteiger partial charge is 0.462 e. The van der Waals surface area contributed by atoms with Gasteiger partial charge in [-0.3, -0.25) is 13.9 Å². The molecular weight excluding hydrogens is 507 g/mol. The maximum Gasteiger partial charge on any atom is 0.459 e. The molecule has 1 aliphatic rings. The highest BCUT2D eigenvalue weighted by molar-refractivity contribution is 7.52. The Morgan fingerprint density at radius 1 is 1.32 bits per heavy atom. The van der Waals surface area contributed by atoms with Gasteiger partial charge >= 0.3 is 19.4 Å². The average molecular weight is 536 g/mol. The third kappa shape index (κ3) is 6.56. The summed E-state index contributed by atoms with van der Waals surface area (Å²) in [6.45, 7) is 3.94. The molecular formula is C23H29N4O9P. The lowest BCUT2D eigenvalue weighted by Gasteiger charge is -2.29. The maximum atomic E-state index is 13.7. The molecule has 5 N–H and O–H groups in total. The van der Waals surface area contributed by atoms with E-state index in [2.05, 4.69) is 16.0 Å². The Hall–Kier alpha value is -3.24. The molecule has 0 amide bonds. The van der Waals surface area contributed by atoms with Crippen LogP contribution in [0.1, 0.15) is 27.0 Å². The summed E-state index contributed by atoms with van der Waals surface area (Å²) in [7, 11) is -4.37. The van der Waals surface area contributed by atoms with E-state index in [9.17, 15) is 24.4 Å². The zero-order valence-electron chi connectivity index (χ0n) is 20.4. The molecule has 37 heavy (non-hydrogen) atoms. The van der Waals surface area contributed by atoms with Crippen LogP contribution < -0.4 is 21.0 Å². The number of carbonyl (C=O) groups is 1. The summed E-state index contributed by atoms with van der Waals surface area (Å²) >= 11 is 0. The van der Waals surface area contributed by atoms with Crippen LogP contribution in [0.3, 0.4) is 0 Å². The molecule has 1 fully saturated rings. The number of nitrogens with zero attached hydrogens (tertiary/aromatic N) is 2. The van der Waals surface area contributed by atoms with E-state index >= 15 is 0 Å².